The molecule has 5 rings (SSSR count). The van der Waals surface area contributed by atoms with Gasteiger partial charge in [0, 0.05) is 41.0 Å². The van der Waals surface area contributed by atoms with Crippen LogP contribution in [0.25, 0.3) is 22.0 Å². The van der Waals surface area contributed by atoms with E-state index in [1.165, 1.54) is 19.3 Å². The zero-order chi connectivity index (χ0) is 31.0. The van der Waals surface area contributed by atoms with Gasteiger partial charge in [0.25, 0.3) is 5.91 Å². The van der Waals surface area contributed by atoms with Gasteiger partial charge in [-0.15, -0.1) is 0 Å². The van der Waals surface area contributed by atoms with Gasteiger partial charge in [-0.05, 0) is 82.7 Å². The lowest BCUT2D eigenvalue weighted by Gasteiger charge is -2.25. The number of carbonyl (C=O) groups is 1. The number of carbonyl (C=O) groups excluding carboxylic acids is 1. The number of sulfonamides is 1. The maximum Gasteiger partial charge on any atom is 0.253 e. The Bertz CT molecular complexity index is 1700. The number of aromatic nitrogens is 1. The highest BCUT2D eigenvalue weighted by Crippen LogP contribution is 2.37. The van der Waals surface area contributed by atoms with Crippen molar-refractivity contribution in [1.29, 1.82) is 0 Å². The number of fused-ring (bicyclic) bond motifs is 1. The van der Waals surface area contributed by atoms with Gasteiger partial charge < -0.3 is 9.88 Å². The minimum atomic E-state index is -3.78. The molecule has 1 saturated heterocycles. The molecule has 1 aliphatic carbocycles. The molecule has 0 radical (unpaired) electrons. The largest absolute Gasteiger partial charge is 0.352 e. The molecule has 0 atom stereocenters. The topological polar surface area (TPSA) is 114 Å². The molecule has 1 aliphatic heterocycles. The van der Waals surface area contributed by atoms with E-state index >= 15 is 0 Å². The van der Waals surface area contributed by atoms with Crippen molar-refractivity contribution in [3.05, 3.63) is 53.7 Å². The zero-order valence-corrected chi connectivity index (χ0v) is 27.4. The van der Waals surface area contributed by atoms with Gasteiger partial charge in [-0.3, -0.25) is 4.79 Å². The Morgan fingerprint density at radius 1 is 0.930 bits per heavy atom. The van der Waals surface area contributed by atoms with E-state index in [1.807, 2.05) is 64.1 Å². The quantitative estimate of drug-likeness (QED) is 0.326. The fraction of sp³-hybridized carbons (Fsp3) is 0.545. The van der Waals surface area contributed by atoms with E-state index in [0.717, 1.165) is 41.7 Å². The maximum atomic E-state index is 13.6. The molecule has 2 aliphatic rings. The van der Waals surface area contributed by atoms with Crippen molar-refractivity contribution in [2.45, 2.75) is 89.6 Å². The number of nitrogens with zero attached hydrogens (tertiary/aromatic N) is 1. The van der Waals surface area contributed by atoms with Crippen LogP contribution in [0.4, 0.5) is 0 Å². The van der Waals surface area contributed by atoms with Crippen LogP contribution in [-0.2, 0) is 26.4 Å². The predicted octanol–water partition coefficient (Wildman–Crippen LogP) is 5.83. The van der Waals surface area contributed by atoms with Crippen LogP contribution < -0.4 is 10.0 Å². The molecule has 1 amide bonds. The van der Waals surface area contributed by atoms with Gasteiger partial charge in [0.05, 0.1) is 22.0 Å². The SMILES string of the molecule is Cc1c(C(=O)NCC2CCS(=O)(=O)CC2)cc(-c2ccc(S(=O)(=O)NC(C)(C)C)c3ccccc23)n1CC1CCCCC1. The Hall–Kier alpha value is -2.69. The second-order valence-electron chi connectivity index (χ2n) is 13.5. The number of hydrogen-bond donors (Lipinski definition) is 2. The molecule has 2 heterocycles. The first-order valence-electron chi connectivity index (χ1n) is 15.5. The van der Waals surface area contributed by atoms with Crippen LogP contribution in [0.2, 0.25) is 0 Å². The number of sulfone groups is 1. The number of benzene rings is 2. The summed E-state index contributed by atoms with van der Waals surface area (Å²) in [5, 5.41) is 4.54. The normalized spacial score (nSPS) is 18.6. The van der Waals surface area contributed by atoms with E-state index in [4.69, 9.17) is 0 Å². The maximum absolute atomic E-state index is 13.6. The van der Waals surface area contributed by atoms with E-state index < -0.39 is 25.4 Å². The van der Waals surface area contributed by atoms with Crippen LogP contribution >= 0.6 is 0 Å². The standard InChI is InChI=1S/C33H45N3O5S2/c1-23-29(32(37)34-21-24-16-18-42(38,39)19-17-24)20-30(36(23)22-25-10-6-5-7-11-25)27-14-15-31(28-13-9-8-12-26(27)28)43(40,41)35-33(2,3)4/h8-9,12-15,20,24-25,35H,5-7,10-11,16-19,21-22H2,1-4H3,(H,34,37). The highest BCUT2D eigenvalue weighted by molar-refractivity contribution is 7.91. The number of amides is 1. The molecule has 2 fully saturated rings. The van der Waals surface area contributed by atoms with E-state index in [9.17, 15) is 21.6 Å². The van der Waals surface area contributed by atoms with Gasteiger partial charge in [-0.2, -0.15) is 0 Å². The van der Waals surface area contributed by atoms with Gasteiger partial charge in [0.1, 0.15) is 9.84 Å². The molecule has 1 saturated carbocycles. The summed E-state index contributed by atoms with van der Waals surface area (Å²) in [5.74, 6) is 0.863. The van der Waals surface area contributed by atoms with Crippen molar-refractivity contribution in [3.8, 4) is 11.3 Å². The molecule has 0 bridgehead atoms. The zero-order valence-electron chi connectivity index (χ0n) is 25.8. The van der Waals surface area contributed by atoms with Gasteiger partial charge in [0.2, 0.25) is 10.0 Å². The minimum Gasteiger partial charge on any atom is -0.352 e. The summed E-state index contributed by atoms with van der Waals surface area (Å²) in [6.07, 6.45) is 7.12. The average Bonchev–Trinajstić information content (AvgIpc) is 3.26. The van der Waals surface area contributed by atoms with Gasteiger partial charge in [-0.1, -0.05) is 49.6 Å². The summed E-state index contributed by atoms with van der Waals surface area (Å²) in [5.41, 5.74) is 2.66. The first-order chi connectivity index (χ1) is 20.2. The van der Waals surface area contributed by atoms with Crippen LogP contribution in [0.5, 0.6) is 0 Å². The molecular weight excluding hydrogens is 583 g/mol. The fourth-order valence-electron chi connectivity index (χ4n) is 6.62. The van der Waals surface area contributed by atoms with Crippen molar-refractivity contribution < 1.29 is 21.6 Å². The molecular formula is C33H45N3O5S2. The Morgan fingerprint density at radius 2 is 1.58 bits per heavy atom. The Morgan fingerprint density at radius 3 is 2.23 bits per heavy atom. The fourth-order valence-corrected chi connectivity index (χ4v) is 9.84. The second kappa shape index (κ2) is 12.4. The Kier molecular flexibility index (Phi) is 9.12. The first-order valence-corrected chi connectivity index (χ1v) is 18.8. The van der Waals surface area contributed by atoms with Gasteiger partial charge in [-0.25, -0.2) is 21.6 Å². The van der Waals surface area contributed by atoms with Gasteiger partial charge in [0.15, 0.2) is 0 Å². The van der Waals surface area contributed by atoms with E-state index in [0.29, 0.717) is 36.3 Å². The number of nitrogens with one attached hydrogen (secondary N) is 2. The van der Waals surface area contributed by atoms with Crippen molar-refractivity contribution in [2.24, 2.45) is 11.8 Å². The molecule has 0 unspecified atom stereocenters. The van der Waals surface area contributed by atoms with Crippen molar-refractivity contribution in [3.63, 3.8) is 0 Å². The lowest BCUT2D eigenvalue weighted by atomic mass is 9.89. The molecule has 234 valence electrons. The van der Waals surface area contributed by atoms with E-state index in [2.05, 4.69) is 14.6 Å². The molecule has 3 aromatic rings. The van der Waals surface area contributed by atoms with Gasteiger partial charge >= 0.3 is 0 Å². The third kappa shape index (κ3) is 7.35. The summed E-state index contributed by atoms with van der Waals surface area (Å²) < 4.78 is 55.6. The van der Waals surface area contributed by atoms with Crippen LogP contribution in [0, 0.1) is 18.8 Å². The van der Waals surface area contributed by atoms with Crippen LogP contribution in [0.1, 0.15) is 81.8 Å². The van der Waals surface area contributed by atoms with Crippen molar-refractivity contribution in [1.82, 2.24) is 14.6 Å². The Balaban J connectivity index is 1.53. The number of rotatable bonds is 8. The second-order valence-corrected chi connectivity index (χ2v) is 17.4. The lowest BCUT2D eigenvalue weighted by Crippen LogP contribution is -2.40. The smallest absolute Gasteiger partial charge is 0.253 e. The molecule has 2 N–H and O–H groups in total. The predicted molar refractivity (Wildman–Crippen MR) is 172 cm³/mol. The summed E-state index contributed by atoms with van der Waals surface area (Å²) in [6, 6.07) is 13.1. The molecule has 2 aromatic carbocycles. The molecule has 43 heavy (non-hydrogen) atoms. The molecule has 1 aromatic heterocycles. The van der Waals surface area contributed by atoms with Crippen LogP contribution in [0.3, 0.4) is 0 Å². The summed E-state index contributed by atoms with van der Waals surface area (Å²) in [6.45, 7) is 8.71. The van der Waals surface area contributed by atoms with Crippen LogP contribution in [-0.4, -0.2) is 50.9 Å². The minimum absolute atomic E-state index is 0.150. The monoisotopic (exact) mass is 627 g/mol. The highest BCUT2D eigenvalue weighted by Gasteiger charge is 2.28. The molecule has 0 spiro atoms. The van der Waals surface area contributed by atoms with Crippen molar-refractivity contribution in [2.75, 3.05) is 18.1 Å². The average molecular weight is 628 g/mol. The van der Waals surface area contributed by atoms with Crippen LogP contribution in [0.15, 0.2) is 47.4 Å². The summed E-state index contributed by atoms with van der Waals surface area (Å²) in [7, 11) is -6.73. The third-order valence-corrected chi connectivity index (χ3v) is 12.4. The number of hydrogen-bond acceptors (Lipinski definition) is 5. The van der Waals surface area contributed by atoms with E-state index in [1.54, 1.807) is 6.07 Å². The highest BCUT2D eigenvalue weighted by atomic mass is 32.2. The molecule has 8 nitrogen and oxygen atoms in total. The Labute approximate surface area is 256 Å². The third-order valence-electron chi connectivity index (χ3n) is 8.89. The summed E-state index contributed by atoms with van der Waals surface area (Å²) >= 11 is 0. The molecule has 10 heteroatoms. The lowest BCUT2D eigenvalue weighted by molar-refractivity contribution is 0.0945. The van der Waals surface area contributed by atoms with Crippen molar-refractivity contribution >= 4 is 36.5 Å². The summed E-state index contributed by atoms with van der Waals surface area (Å²) in [4.78, 5) is 13.8. The van der Waals surface area contributed by atoms with E-state index in [-0.39, 0.29) is 28.2 Å². The first kappa shape index (κ1) is 31.7.